The molecular formula is C10H20N2O7. The number of hydrogen-bond donors (Lipinski definition) is 5. The number of amides is 2. The van der Waals surface area contributed by atoms with E-state index in [-0.39, 0.29) is 0 Å². The van der Waals surface area contributed by atoms with Crippen LogP contribution in [0.2, 0.25) is 0 Å². The summed E-state index contributed by atoms with van der Waals surface area (Å²) in [6.07, 6.45) is -3.38. The summed E-state index contributed by atoms with van der Waals surface area (Å²) in [6.45, 7) is 6.25. The zero-order valence-electron chi connectivity index (χ0n) is 11.2. The molecule has 0 heterocycles. The number of carboxylic acids is 1. The van der Waals surface area contributed by atoms with E-state index in [2.05, 4.69) is 11.1 Å². The zero-order chi connectivity index (χ0) is 15.8. The van der Waals surface area contributed by atoms with Crippen molar-refractivity contribution in [3.8, 4) is 0 Å². The van der Waals surface area contributed by atoms with Crippen LogP contribution < -0.4 is 11.1 Å². The summed E-state index contributed by atoms with van der Waals surface area (Å²) < 4.78 is 4.84. The lowest BCUT2D eigenvalue weighted by molar-refractivity contribution is -0.142. The molecule has 19 heavy (non-hydrogen) atoms. The van der Waals surface area contributed by atoms with Gasteiger partial charge in [-0.15, -0.1) is 0 Å². The first-order valence-corrected chi connectivity index (χ1v) is 5.25. The van der Waals surface area contributed by atoms with Gasteiger partial charge in [0.05, 0.1) is 6.10 Å². The maximum Gasteiger partial charge on any atom is 0.408 e. The number of aliphatic hydroxyl groups is 1. The van der Waals surface area contributed by atoms with Crippen LogP contribution in [0.1, 0.15) is 27.7 Å². The summed E-state index contributed by atoms with van der Waals surface area (Å²) in [5.74, 6) is -1.31. The van der Waals surface area contributed by atoms with Crippen LogP contribution in [0.3, 0.4) is 0 Å². The van der Waals surface area contributed by atoms with Gasteiger partial charge in [0.2, 0.25) is 0 Å². The molecule has 0 aliphatic heterocycles. The standard InChI is InChI=1S/C9H17NO5.CH3NO2/c1-5(11)6(7(12)13)10-8(14)15-9(2,3)4;2-1(3)4/h5-6,11H,1-4H3,(H,10,14)(H,12,13);2H2,(H,3,4)/t5-,6+;/m1./s1. The molecule has 0 bridgehead atoms. The molecule has 2 amide bonds. The molecule has 0 aromatic rings. The van der Waals surface area contributed by atoms with Crippen molar-refractivity contribution in [2.45, 2.75) is 45.4 Å². The number of alkyl carbamates (subject to hydrolysis) is 1. The molecule has 6 N–H and O–H groups in total. The fraction of sp³-hybridized carbons (Fsp3) is 0.700. The third-order valence-electron chi connectivity index (χ3n) is 1.42. The molecule has 0 saturated heterocycles. The van der Waals surface area contributed by atoms with Crippen LogP contribution in [0.5, 0.6) is 0 Å². The molecule has 0 unspecified atom stereocenters. The lowest BCUT2D eigenvalue weighted by Gasteiger charge is -2.22. The smallest absolute Gasteiger partial charge is 0.408 e. The summed E-state index contributed by atoms with van der Waals surface area (Å²) in [7, 11) is 0. The van der Waals surface area contributed by atoms with Crippen molar-refractivity contribution in [3.63, 3.8) is 0 Å². The van der Waals surface area contributed by atoms with Crippen molar-refractivity contribution in [3.05, 3.63) is 0 Å². The van der Waals surface area contributed by atoms with E-state index < -0.39 is 35.9 Å². The monoisotopic (exact) mass is 280 g/mol. The van der Waals surface area contributed by atoms with Crippen molar-refractivity contribution < 1.29 is 34.4 Å². The summed E-state index contributed by atoms with van der Waals surface area (Å²) in [6, 6.07) is -1.36. The highest BCUT2D eigenvalue weighted by atomic mass is 16.6. The van der Waals surface area contributed by atoms with Gasteiger partial charge in [0.25, 0.3) is 0 Å². The van der Waals surface area contributed by atoms with Gasteiger partial charge in [0, 0.05) is 0 Å². The first kappa shape index (κ1) is 19.3. The number of aliphatic carboxylic acids is 1. The van der Waals surface area contributed by atoms with Crippen molar-refractivity contribution in [2.24, 2.45) is 5.73 Å². The third kappa shape index (κ3) is 13.9. The van der Waals surface area contributed by atoms with Crippen LogP contribution in [0.25, 0.3) is 0 Å². The fourth-order valence-electron chi connectivity index (χ4n) is 0.823. The van der Waals surface area contributed by atoms with Gasteiger partial charge in [-0.05, 0) is 27.7 Å². The van der Waals surface area contributed by atoms with Crippen LogP contribution >= 0.6 is 0 Å². The predicted octanol–water partition coefficient (Wildman–Crippen LogP) is -0.0318. The van der Waals surface area contributed by atoms with Crippen LogP contribution in [-0.2, 0) is 9.53 Å². The Kier molecular flexibility index (Phi) is 8.27. The lowest BCUT2D eigenvalue weighted by atomic mass is 10.2. The number of hydrogen-bond acceptors (Lipinski definition) is 5. The summed E-state index contributed by atoms with van der Waals surface area (Å²) in [4.78, 5) is 30.6. The van der Waals surface area contributed by atoms with Crippen molar-refractivity contribution in [1.82, 2.24) is 5.32 Å². The van der Waals surface area contributed by atoms with Gasteiger partial charge in [-0.1, -0.05) is 0 Å². The first-order valence-electron chi connectivity index (χ1n) is 5.25. The molecular weight excluding hydrogens is 260 g/mol. The van der Waals surface area contributed by atoms with Gasteiger partial charge in [-0.3, -0.25) is 0 Å². The Morgan fingerprint density at radius 1 is 1.21 bits per heavy atom. The van der Waals surface area contributed by atoms with E-state index in [0.29, 0.717) is 0 Å². The maximum absolute atomic E-state index is 11.2. The Morgan fingerprint density at radius 3 is 1.79 bits per heavy atom. The average molecular weight is 280 g/mol. The second-order valence-electron chi connectivity index (χ2n) is 4.54. The minimum Gasteiger partial charge on any atom is -0.480 e. The highest BCUT2D eigenvalue weighted by Crippen LogP contribution is 2.07. The SMILES string of the molecule is C[C@@H](O)[C@H](NC(=O)OC(C)(C)C)C(=O)O.NC(=O)O. The van der Waals surface area contributed by atoms with Crippen LogP contribution in [0.4, 0.5) is 9.59 Å². The minimum atomic E-state index is -1.36. The van der Waals surface area contributed by atoms with Gasteiger partial charge in [-0.2, -0.15) is 0 Å². The average Bonchev–Trinajstić information content (AvgIpc) is 2.09. The quantitative estimate of drug-likeness (QED) is 0.485. The van der Waals surface area contributed by atoms with Gasteiger partial charge in [-0.25, -0.2) is 14.4 Å². The molecule has 0 radical (unpaired) electrons. The molecule has 9 nitrogen and oxygen atoms in total. The molecule has 2 atom stereocenters. The van der Waals surface area contributed by atoms with Gasteiger partial charge in [0.1, 0.15) is 5.60 Å². The third-order valence-corrected chi connectivity index (χ3v) is 1.42. The molecule has 0 fully saturated rings. The van der Waals surface area contributed by atoms with E-state index in [4.69, 9.17) is 24.9 Å². The Balaban J connectivity index is 0. The number of carbonyl (C=O) groups excluding carboxylic acids is 1. The summed E-state index contributed by atoms with van der Waals surface area (Å²) in [5, 5.41) is 27.0. The van der Waals surface area contributed by atoms with E-state index >= 15 is 0 Å². The van der Waals surface area contributed by atoms with Gasteiger partial charge >= 0.3 is 18.2 Å². The Morgan fingerprint density at radius 2 is 1.58 bits per heavy atom. The van der Waals surface area contributed by atoms with E-state index in [0.717, 1.165) is 0 Å². The number of carbonyl (C=O) groups is 3. The second-order valence-corrected chi connectivity index (χ2v) is 4.54. The molecule has 0 saturated carbocycles. The zero-order valence-corrected chi connectivity index (χ0v) is 11.2. The van der Waals surface area contributed by atoms with E-state index in [1.807, 2.05) is 0 Å². The molecule has 0 aromatic carbocycles. The molecule has 0 aromatic heterocycles. The Bertz CT molecular complexity index is 318. The first-order chi connectivity index (χ1) is 8.36. The summed E-state index contributed by atoms with van der Waals surface area (Å²) in [5.41, 5.74) is 3.33. The van der Waals surface area contributed by atoms with Crippen molar-refractivity contribution in [1.29, 1.82) is 0 Å². The van der Waals surface area contributed by atoms with Gasteiger partial charge < -0.3 is 31.1 Å². The van der Waals surface area contributed by atoms with Crippen molar-refractivity contribution >= 4 is 18.2 Å². The van der Waals surface area contributed by atoms with Crippen LogP contribution in [0.15, 0.2) is 0 Å². The molecule has 0 rings (SSSR count). The van der Waals surface area contributed by atoms with E-state index in [9.17, 15) is 9.59 Å². The largest absolute Gasteiger partial charge is 0.480 e. The molecule has 0 aliphatic carbocycles. The topological polar surface area (TPSA) is 159 Å². The highest BCUT2D eigenvalue weighted by Gasteiger charge is 2.27. The molecule has 0 aliphatic rings. The Hall–Kier alpha value is -2.03. The molecule has 0 spiro atoms. The van der Waals surface area contributed by atoms with Crippen molar-refractivity contribution in [2.75, 3.05) is 0 Å². The highest BCUT2D eigenvalue weighted by molar-refractivity contribution is 5.80. The summed E-state index contributed by atoms with van der Waals surface area (Å²) >= 11 is 0. The number of aliphatic hydroxyl groups excluding tert-OH is 1. The predicted molar refractivity (Wildman–Crippen MR) is 64.7 cm³/mol. The van der Waals surface area contributed by atoms with Gasteiger partial charge in [0.15, 0.2) is 6.04 Å². The Labute approximate surface area is 110 Å². The number of rotatable bonds is 3. The fourth-order valence-corrected chi connectivity index (χ4v) is 0.823. The van der Waals surface area contributed by atoms with Crippen LogP contribution in [-0.4, -0.2) is 51.2 Å². The number of primary amides is 1. The molecule has 9 heteroatoms. The lowest BCUT2D eigenvalue weighted by Crippen LogP contribution is -2.49. The number of nitrogens with one attached hydrogen (secondary N) is 1. The maximum atomic E-state index is 11.2. The number of nitrogens with two attached hydrogens (primary N) is 1. The molecule has 112 valence electrons. The normalized spacial score (nSPS) is 13.3. The van der Waals surface area contributed by atoms with Crippen LogP contribution in [0, 0.1) is 0 Å². The number of carboxylic acid groups (broad SMARTS) is 2. The van der Waals surface area contributed by atoms with E-state index in [1.165, 1.54) is 6.92 Å². The van der Waals surface area contributed by atoms with E-state index in [1.54, 1.807) is 20.8 Å². The minimum absolute atomic E-state index is 0.703. The second kappa shape index (κ2) is 8.14. The number of ether oxygens (including phenoxy) is 1.